The van der Waals surface area contributed by atoms with Crippen LogP contribution in [0.3, 0.4) is 0 Å². The molecule has 0 aliphatic carbocycles. The molecule has 6 heteroatoms. The number of ether oxygens (including phenoxy) is 1. The lowest BCUT2D eigenvalue weighted by atomic mass is 10.1. The average molecular weight is 238 g/mol. The van der Waals surface area contributed by atoms with Crippen LogP contribution in [0.2, 0.25) is 0 Å². The van der Waals surface area contributed by atoms with Crippen molar-refractivity contribution in [2.24, 2.45) is 10.9 Å². The molecule has 94 valence electrons. The van der Waals surface area contributed by atoms with Crippen molar-refractivity contribution in [3.63, 3.8) is 0 Å². The fourth-order valence-corrected chi connectivity index (χ4v) is 1.41. The normalized spacial score (nSPS) is 13.2. The zero-order valence-electron chi connectivity index (χ0n) is 10.1. The molecule has 0 aliphatic heterocycles. The maximum atomic E-state index is 8.52. The zero-order valence-corrected chi connectivity index (χ0v) is 10.1. The van der Waals surface area contributed by atoms with Crippen molar-refractivity contribution in [2.45, 2.75) is 25.8 Å². The molecule has 1 unspecified atom stereocenters. The predicted molar refractivity (Wildman–Crippen MR) is 66.5 cm³/mol. The van der Waals surface area contributed by atoms with Gasteiger partial charge in [0.2, 0.25) is 5.88 Å². The largest absolute Gasteiger partial charge is 0.481 e. The van der Waals surface area contributed by atoms with Gasteiger partial charge in [-0.2, -0.15) is 0 Å². The van der Waals surface area contributed by atoms with E-state index in [0.29, 0.717) is 12.3 Å². The summed E-state index contributed by atoms with van der Waals surface area (Å²) in [5.74, 6) is 0.783. The Balaban J connectivity index is 2.60. The number of hydrogen-bond acceptors (Lipinski definition) is 5. The Labute approximate surface area is 100 Å². The molecular formula is C11H18N4O2. The van der Waals surface area contributed by atoms with Crippen LogP contribution in [-0.4, -0.2) is 29.2 Å². The minimum atomic E-state index is 0.112. The van der Waals surface area contributed by atoms with Gasteiger partial charge in [-0.05, 0) is 12.5 Å². The first-order valence-electron chi connectivity index (χ1n) is 5.42. The molecule has 0 saturated heterocycles. The van der Waals surface area contributed by atoms with Gasteiger partial charge >= 0.3 is 0 Å². The van der Waals surface area contributed by atoms with Crippen molar-refractivity contribution < 1.29 is 9.94 Å². The number of pyridine rings is 1. The van der Waals surface area contributed by atoms with Gasteiger partial charge in [0, 0.05) is 18.5 Å². The number of nitrogens with one attached hydrogen (secondary N) is 1. The van der Waals surface area contributed by atoms with Crippen LogP contribution in [0, 0.1) is 0 Å². The van der Waals surface area contributed by atoms with Gasteiger partial charge in [0.25, 0.3) is 0 Å². The van der Waals surface area contributed by atoms with Gasteiger partial charge in [-0.25, -0.2) is 4.98 Å². The summed E-state index contributed by atoms with van der Waals surface area (Å²) in [6.45, 7) is 2.03. The summed E-state index contributed by atoms with van der Waals surface area (Å²) < 4.78 is 4.97. The van der Waals surface area contributed by atoms with Crippen LogP contribution < -0.4 is 15.8 Å². The summed E-state index contributed by atoms with van der Waals surface area (Å²) in [5, 5.41) is 14.7. The van der Waals surface area contributed by atoms with E-state index in [1.54, 1.807) is 19.4 Å². The van der Waals surface area contributed by atoms with Crippen molar-refractivity contribution in [3.05, 3.63) is 18.3 Å². The van der Waals surface area contributed by atoms with Crippen molar-refractivity contribution in [2.75, 3.05) is 12.4 Å². The summed E-state index contributed by atoms with van der Waals surface area (Å²) >= 11 is 0. The summed E-state index contributed by atoms with van der Waals surface area (Å²) in [5.41, 5.74) is 6.35. The van der Waals surface area contributed by atoms with Gasteiger partial charge < -0.3 is 21.0 Å². The highest BCUT2D eigenvalue weighted by Gasteiger charge is 2.09. The molecule has 1 aromatic rings. The highest BCUT2D eigenvalue weighted by Crippen LogP contribution is 2.14. The maximum Gasteiger partial charge on any atom is 0.213 e. The second-order valence-electron chi connectivity index (χ2n) is 3.63. The first-order valence-corrected chi connectivity index (χ1v) is 5.42. The summed E-state index contributed by atoms with van der Waals surface area (Å²) in [6.07, 6.45) is 3.04. The van der Waals surface area contributed by atoms with Crippen molar-refractivity contribution in [1.29, 1.82) is 0 Å². The topological polar surface area (TPSA) is 92.8 Å². The third-order valence-corrected chi connectivity index (χ3v) is 2.39. The van der Waals surface area contributed by atoms with Crippen LogP contribution in [0.4, 0.5) is 5.69 Å². The van der Waals surface area contributed by atoms with Crippen LogP contribution in [0.25, 0.3) is 0 Å². The van der Waals surface area contributed by atoms with Crippen LogP contribution in [0.15, 0.2) is 23.5 Å². The quantitative estimate of drug-likeness (QED) is 0.301. The Bertz CT molecular complexity index is 364. The standard InChI is InChI=1S/C11H18N4O2/c1-3-8(6-10(12)15-16)14-9-4-5-11(17-2)13-7-9/h4-5,7-8,14,16H,3,6H2,1-2H3,(H2,12,15). The Kier molecular flexibility index (Phi) is 5.06. The van der Waals surface area contributed by atoms with E-state index >= 15 is 0 Å². The zero-order chi connectivity index (χ0) is 12.7. The molecule has 0 saturated carbocycles. The fourth-order valence-electron chi connectivity index (χ4n) is 1.41. The van der Waals surface area contributed by atoms with Crippen LogP contribution in [0.5, 0.6) is 5.88 Å². The van der Waals surface area contributed by atoms with Gasteiger partial charge in [0.1, 0.15) is 5.84 Å². The Morgan fingerprint density at radius 3 is 2.88 bits per heavy atom. The lowest BCUT2D eigenvalue weighted by molar-refractivity contribution is 0.316. The highest BCUT2D eigenvalue weighted by atomic mass is 16.5. The molecule has 0 fully saturated rings. The van der Waals surface area contributed by atoms with Crippen LogP contribution >= 0.6 is 0 Å². The maximum absolute atomic E-state index is 8.52. The molecular weight excluding hydrogens is 220 g/mol. The number of anilines is 1. The average Bonchev–Trinajstić information content (AvgIpc) is 2.38. The van der Waals surface area contributed by atoms with Gasteiger partial charge in [-0.3, -0.25) is 0 Å². The molecule has 1 aromatic heterocycles. The molecule has 1 heterocycles. The predicted octanol–water partition coefficient (Wildman–Crippen LogP) is 1.42. The Hall–Kier alpha value is -1.98. The van der Waals surface area contributed by atoms with E-state index in [2.05, 4.69) is 15.5 Å². The third-order valence-electron chi connectivity index (χ3n) is 2.39. The number of nitrogens with zero attached hydrogens (tertiary/aromatic N) is 2. The number of hydrogen-bond donors (Lipinski definition) is 3. The van der Waals surface area contributed by atoms with E-state index < -0.39 is 0 Å². The first-order chi connectivity index (χ1) is 8.19. The molecule has 0 aromatic carbocycles. The third kappa shape index (κ3) is 4.18. The van der Waals surface area contributed by atoms with E-state index in [1.165, 1.54) is 0 Å². The molecule has 4 N–H and O–H groups in total. The number of nitrogens with two attached hydrogens (primary N) is 1. The van der Waals surface area contributed by atoms with E-state index in [9.17, 15) is 0 Å². The van der Waals surface area contributed by atoms with Crippen LogP contribution in [-0.2, 0) is 0 Å². The minimum Gasteiger partial charge on any atom is -0.481 e. The molecule has 1 atom stereocenters. The molecule has 0 amide bonds. The molecule has 17 heavy (non-hydrogen) atoms. The summed E-state index contributed by atoms with van der Waals surface area (Å²) in [6, 6.07) is 3.76. The summed E-state index contributed by atoms with van der Waals surface area (Å²) in [7, 11) is 1.57. The second kappa shape index (κ2) is 6.57. The van der Waals surface area contributed by atoms with E-state index in [0.717, 1.165) is 12.1 Å². The van der Waals surface area contributed by atoms with Gasteiger partial charge in [-0.1, -0.05) is 12.1 Å². The second-order valence-corrected chi connectivity index (χ2v) is 3.63. The number of amidine groups is 1. The van der Waals surface area contributed by atoms with Crippen molar-refractivity contribution in [1.82, 2.24) is 4.98 Å². The molecule has 0 aliphatic rings. The van der Waals surface area contributed by atoms with Crippen molar-refractivity contribution in [3.8, 4) is 5.88 Å². The number of rotatable bonds is 6. The molecule has 0 bridgehead atoms. The number of methoxy groups -OCH3 is 1. The van der Waals surface area contributed by atoms with Gasteiger partial charge in [0.15, 0.2) is 0 Å². The Morgan fingerprint density at radius 2 is 2.41 bits per heavy atom. The number of aromatic nitrogens is 1. The first kappa shape index (κ1) is 13.1. The smallest absolute Gasteiger partial charge is 0.213 e. The van der Waals surface area contributed by atoms with Gasteiger partial charge in [0.05, 0.1) is 19.0 Å². The van der Waals surface area contributed by atoms with E-state index in [1.807, 2.05) is 13.0 Å². The summed E-state index contributed by atoms with van der Waals surface area (Å²) in [4.78, 5) is 4.09. The van der Waals surface area contributed by atoms with Gasteiger partial charge in [-0.15, -0.1) is 0 Å². The van der Waals surface area contributed by atoms with Crippen LogP contribution in [0.1, 0.15) is 19.8 Å². The highest BCUT2D eigenvalue weighted by molar-refractivity contribution is 5.80. The monoisotopic (exact) mass is 238 g/mol. The molecule has 6 nitrogen and oxygen atoms in total. The fraction of sp³-hybridized carbons (Fsp3) is 0.455. The van der Waals surface area contributed by atoms with E-state index in [4.69, 9.17) is 15.7 Å². The molecule has 1 rings (SSSR count). The number of oxime groups is 1. The Morgan fingerprint density at radius 1 is 1.65 bits per heavy atom. The van der Waals surface area contributed by atoms with E-state index in [-0.39, 0.29) is 11.9 Å². The lowest BCUT2D eigenvalue weighted by Gasteiger charge is -2.17. The minimum absolute atomic E-state index is 0.112. The molecule has 0 spiro atoms. The molecule has 0 radical (unpaired) electrons. The SMILES string of the molecule is CCC(CC(N)=NO)Nc1ccc(OC)nc1. The lowest BCUT2D eigenvalue weighted by Crippen LogP contribution is -2.26. The van der Waals surface area contributed by atoms with Crippen molar-refractivity contribution >= 4 is 11.5 Å².